The van der Waals surface area contributed by atoms with Crippen molar-refractivity contribution in [3.05, 3.63) is 35.4 Å². The van der Waals surface area contributed by atoms with Crippen LogP contribution in [0, 0.1) is 23.5 Å². The van der Waals surface area contributed by atoms with Crippen molar-refractivity contribution in [3.8, 4) is 0 Å². The lowest BCUT2D eigenvalue weighted by Crippen LogP contribution is -2.49. The first kappa shape index (κ1) is 21.3. The standard InChI is InChI=1S/C24H32F2N2O2/c1-2-16-3-6-19(7-4-16)28(20-8-9-20)23(29)17-11-13-27(14-12-17)24(30)21-10-5-18(25)15-22(21)26/h5,10,15-17,19-20H,2-4,6-9,11-14H2,1H3. The summed E-state index contributed by atoms with van der Waals surface area (Å²) in [5, 5.41) is 0. The summed E-state index contributed by atoms with van der Waals surface area (Å²) in [5.41, 5.74) is -0.103. The fourth-order valence-electron chi connectivity index (χ4n) is 5.22. The first-order valence-electron chi connectivity index (χ1n) is 11.5. The Morgan fingerprint density at radius 2 is 1.57 bits per heavy atom. The molecular weight excluding hydrogens is 386 g/mol. The van der Waals surface area contributed by atoms with Gasteiger partial charge in [0.1, 0.15) is 11.6 Å². The van der Waals surface area contributed by atoms with E-state index in [9.17, 15) is 18.4 Å². The Kier molecular flexibility index (Phi) is 6.40. The normalized spacial score (nSPS) is 25.2. The smallest absolute Gasteiger partial charge is 0.256 e. The Bertz CT molecular complexity index is 779. The molecule has 30 heavy (non-hydrogen) atoms. The summed E-state index contributed by atoms with van der Waals surface area (Å²) in [6, 6.07) is 3.83. The number of halogens is 2. The van der Waals surface area contributed by atoms with Crippen LogP contribution in [0.15, 0.2) is 18.2 Å². The maximum Gasteiger partial charge on any atom is 0.256 e. The third-order valence-electron chi connectivity index (χ3n) is 7.27. The van der Waals surface area contributed by atoms with Crippen LogP contribution >= 0.6 is 0 Å². The van der Waals surface area contributed by atoms with Crippen LogP contribution in [-0.2, 0) is 4.79 Å². The van der Waals surface area contributed by atoms with Crippen molar-refractivity contribution in [1.29, 1.82) is 0 Å². The van der Waals surface area contributed by atoms with Crippen molar-refractivity contribution in [1.82, 2.24) is 9.80 Å². The molecule has 0 atom stereocenters. The van der Waals surface area contributed by atoms with E-state index < -0.39 is 17.5 Å². The zero-order valence-corrected chi connectivity index (χ0v) is 17.8. The van der Waals surface area contributed by atoms with E-state index >= 15 is 0 Å². The van der Waals surface area contributed by atoms with Crippen molar-refractivity contribution in [2.75, 3.05) is 13.1 Å². The van der Waals surface area contributed by atoms with Crippen LogP contribution < -0.4 is 0 Å². The average molecular weight is 419 g/mol. The molecule has 0 aromatic heterocycles. The minimum absolute atomic E-state index is 0.0587. The van der Waals surface area contributed by atoms with Crippen LogP contribution in [0.3, 0.4) is 0 Å². The first-order chi connectivity index (χ1) is 14.5. The van der Waals surface area contributed by atoms with E-state index in [-0.39, 0.29) is 17.4 Å². The van der Waals surface area contributed by atoms with Crippen LogP contribution in [0.25, 0.3) is 0 Å². The van der Waals surface area contributed by atoms with E-state index in [2.05, 4.69) is 11.8 Å². The fourth-order valence-corrected chi connectivity index (χ4v) is 5.22. The van der Waals surface area contributed by atoms with Gasteiger partial charge < -0.3 is 9.80 Å². The highest BCUT2D eigenvalue weighted by Crippen LogP contribution is 2.38. The van der Waals surface area contributed by atoms with Crippen LogP contribution in [0.5, 0.6) is 0 Å². The molecule has 1 aromatic rings. The molecule has 4 rings (SSSR count). The summed E-state index contributed by atoms with van der Waals surface area (Å²) in [4.78, 5) is 29.8. The van der Waals surface area contributed by atoms with Crippen molar-refractivity contribution in [3.63, 3.8) is 0 Å². The van der Waals surface area contributed by atoms with Gasteiger partial charge in [0.05, 0.1) is 5.56 Å². The second-order valence-corrected chi connectivity index (χ2v) is 9.25. The molecule has 164 valence electrons. The molecule has 1 aliphatic heterocycles. The highest BCUT2D eigenvalue weighted by Gasteiger charge is 2.41. The summed E-state index contributed by atoms with van der Waals surface area (Å²) >= 11 is 0. The number of benzene rings is 1. The van der Waals surface area contributed by atoms with Crippen molar-refractivity contribution in [2.24, 2.45) is 11.8 Å². The number of carbonyl (C=O) groups is 2. The second kappa shape index (κ2) is 9.03. The summed E-state index contributed by atoms with van der Waals surface area (Å²) in [7, 11) is 0. The summed E-state index contributed by atoms with van der Waals surface area (Å²) < 4.78 is 27.1. The summed E-state index contributed by atoms with van der Waals surface area (Å²) in [6.45, 7) is 3.13. The highest BCUT2D eigenvalue weighted by molar-refractivity contribution is 5.94. The van der Waals surface area contributed by atoms with Crippen molar-refractivity contribution < 1.29 is 18.4 Å². The van der Waals surface area contributed by atoms with Crippen molar-refractivity contribution in [2.45, 2.75) is 76.8 Å². The quantitative estimate of drug-likeness (QED) is 0.691. The zero-order chi connectivity index (χ0) is 21.3. The Morgan fingerprint density at radius 3 is 2.10 bits per heavy atom. The van der Waals surface area contributed by atoms with Gasteiger partial charge >= 0.3 is 0 Å². The van der Waals surface area contributed by atoms with E-state index in [1.807, 2.05) is 0 Å². The number of hydrogen-bond donors (Lipinski definition) is 0. The molecule has 2 amide bonds. The topological polar surface area (TPSA) is 40.6 Å². The van der Waals surface area contributed by atoms with Crippen molar-refractivity contribution >= 4 is 11.8 Å². The monoisotopic (exact) mass is 418 g/mol. The maximum absolute atomic E-state index is 14.0. The van der Waals surface area contributed by atoms with Gasteiger partial charge in [0, 0.05) is 37.2 Å². The third kappa shape index (κ3) is 4.52. The van der Waals surface area contributed by atoms with Gasteiger partial charge in [-0.25, -0.2) is 8.78 Å². The number of carbonyl (C=O) groups excluding carboxylic acids is 2. The van der Waals surface area contributed by atoms with E-state index in [1.165, 1.54) is 25.3 Å². The molecule has 2 aliphatic carbocycles. The van der Waals surface area contributed by atoms with E-state index in [1.54, 1.807) is 4.90 Å². The highest BCUT2D eigenvalue weighted by atomic mass is 19.1. The maximum atomic E-state index is 14.0. The number of amides is 2. The minimum atomic E-state index is -0.833. The third-order valence-corrected chi connectivity index (χ3v) is 7.27. The minimum Gasteiger partial charge on any atom is -0.339 e. The van der Waals surface area contributed by atoms with Gasteiger partial charge in [0.25, 0.3) is 5.91 Å². The number of rotatable bonds is 5. The molecule has 3 fully saturated rings. The zero-order valence-electron chi connectivity index (χ0n) is 17.8. The SMILES string of the molecule is CCC1CCC(N(C(=O)C2CCN(C(=O)c3ccc(F)cc3F)CC2)C2CC2)CC1. The van der Waals surface area contributed by atoms with Gasteiger partial charge in [-0.2, -0.15) is 0 Å². The predicted molar refractivity (Wildman–Crippen MR) is 111 cm³/mol. The first-order valence-corrected chi connectivity index (χ1v) is 11.5. The number of piperidine rings is 1. The molecule has 0 N–H and O–H groups in total. The molecule has 1 aromatic carbocycles. The summed E-state index contributed by atoms with van der Waals surface area (Å²) in [5.74, 6) is -0.940. The van der Waals surface area contributed by atoms with Crippen LogP contribution in [0.4, 0.5) is 8.78 Å². The Hall–Kier alpha value is -1.98. The fraction of sp³-hybridized carbons (Fsp3) is 0.667. The second-order valence-electron chi connectivity index (χ2n) is 9.25. The lowest BCUT2D eigenvalue weighted by Gasteiger charge is -2.40. The lowest BCUT2D eigenvalue weighted by molar-refractivity contribution is -0.141. The molecule has 0 bridgehead atoms. The molecule has 1 heterocycles. The molecule has 4 nitrogen and oxygen atoms in total. The van der Waals surface area contributed by atoms with Crippen LogP contribution in [0.2, 0.25) is 0 Å². The molecule has 2 saturated carbocycles. The van der Waals surface area contributed by atoms with Crippen LogP contribution in [0.1, 0.15) is 75.1 Å². The Balaban J connectivity index is 1.35. The average Bonchev–Trinajstić information content (AvgIpc) is 3.59. The lowest BCUT2D eigenvalue weighted by atomic mass is 9.83. The number of nitrogens with zero attached hydrogens (tertiary/aromatic N) is 2. The van der Waals surface area contributed by atoms with Gasteiger partial charge in [-0.3, -0.25) is 9.59 Å². The molecule has 0 radical (unpaired) electrons. The Labute approximate surface area is 177 Å². The molecule has 0 unspecified atom stereocenters. The van der Waals surface area contributed by atoms with Gasteiger partial charge in [-0.15, -0.1) is 0 Å². The van der Waals surface area contributed by atoms with E-state index in [4.69, 9.17) is 0 Å². The number of likely N-dealkylation sites (tertiary alicyclic amines) is 1. The van der Waals surface area contributed by atoms with E-state index in [0.717, 1.165) is 43.7 Å². The van der Waals surface area contributed by atoms with Crippen LogP contribution in [-0.4, -0.2) is 46.8 Å². The number of hydrogen-bond acceptors (Lipinski definition) is 2. The van der Waals surface area contributed by atoms with Gasteiger partial charge in [0.2, 0.25) is 5.91 Å². The molecule has 3 aliphatic rings. The molecule has 0 spiro atoms. The predicted octanol–water partition coefficient (Wildman–Crippen LogP) is 4.78. The molecule has 6 heteroatoms. The largest absolute Gasteiger partial charge is 0.339 e. The van der Waals surface area contributed by atoms with E-state index in [0.29, 0.717) is 38.0 Å². The van der Waals surface area contributed by atoms with Gasteiger partial charge in [-0.05, 0) is 69.4 Å². The molecule has 1 saturated heterocycles. The summed E-state index contributed by atoms with van der Waals surface area (Å²) in [6.07, 6.45) is 9.33. The van der Waals surface area contributed by atoms with Gasteiger partial charge in [0.15, 0.2) is 0 Å². The van der Waals surface area contributed by atoms with Gasteiger partial charge in [-0.1, -0.05) is 13.3 Å². The molecular formula is C24H32F2N2O2. The Morgan fingerprint density at radius 1 is 0.967 bits per heavy atom.